The van der Waals surface area contributed by atoms with Crippen LogP contribution in [-0.2, 0) is 4.79 Å². The molecule has 0 atom stereocenters. The molecule has 3 aromatic rings. The smallest absolute Gasteiger partial charge is 0.364 e. The molecule has 37 heavy (non-hydrogen) atoms. The van der Waals surface area contributed by atoms with Gasteiger partial charge in [-0.1, -0.05) is 29.8 Å². The third-order valence-electron chi connectivity index (χ3n) is 7.32. The zero-order valence-electron chi connectivity index (χ0n) is 20.2. The molecule has 2 aliphatic rings. The average Bonchev–Trinajstić information content (AvgIpc) is 3.50. The van der Waals surface area contributed by atoms with E-state index in [1.54, 1.807) is 48.2 Å². The van der Waals surface area contributed by atoms with E-state index in [1.807, 2.05) is 0 Å². The molecule has 2 N–H and O–H groups in total. The summed E-state index contributed by atoms with van der Waals surface area (Å²) < 4.78 is 19.2. The largest absolute Gasteiger partial charge is 0.422 e. The van der Waals surface area contributed by atoms with Gasteiger partial charge in [-0.2, -0.15) is 0 Å². The Morgan fingerprint density at radius 2 is 1.92 bits per heavy atom. The zero-order valence-corrected chi connectivity index (χ0v) is 21.0. The fourth-order valence-corrected chi connectivity index (χ4v) is 5.45. The summed E-state index contributed by atoms with van der Waals surface area (Å²) in [6.45, 7) is 2.16. The first-order valence-corrected chi connectivity index (χ1v) is 12.5. The van der Waals surface area contributed by atoms with Crippen LogP contribution in [0.25, 0.3) is 0 Å². The summed E-state index contributed by atoms with van der Waals surface area (Å²) in [6.07, 6.45) is 4.39. The Balaban J connectivity index is 1.21. The first kappa shape index (κ1) is 25.0. The molecule has 8 nitrogen and oxygen atoms in total. The van der Waals surface area contributed by atoms with E-state index in [0.29, 0.717) is 55.6 Å². The van der Waals surface area contributed by atoms with Crippen molar-refractivity contribution in [2.45, 2.75) is 45.1 Å². The first-order valence-electron chi connectivity index (χ1n) is 12.2. The number of hydrogen-bond acceptors (Lipinski definition) is 5. The highest BCUT2D eigenvalue weighted by molar-refractivity contribution is 6.34. The van der Waals surface area contributed by atoms with Gasteiger partial charge in [0.05, 0.1) is 22.5 Å². The van der Waals surface area contributed by atoms with Crippen LogP contribution in [0, 0.1) is 18.2 Å². The molecule has 10 heteroatoms. The number of aryl methyl sites for hydroxylation is 1. The van der Waals surface area contributed by atoms with Crippen molar-refractivity contribution < 1.29 is 23.5 Å². The number of esters is 1. The Bertz CT molecular complexity index is 1350. The molecule has 2 heterocycles. The number of carbonyl (C=O) groups excluding carboxylic acids is 3. The van der Waals surface area contributed by atoms with E-state index in [1.165, 1.54) is 12.4 Å². The van der Waals surface area contributed by atoms with Gasteiger partial charge < -0.3 is 19.9 Å². The van der Waals surface area contributed by atoms with Crippen molar-refractivity contribution in [3.8, 4) is 5.75 Å². The van der Waals surface area contributed by atoms with Crippen LogP contribution in [0.5, 0.6) is 5.75 Å². The lowest BCUT2D eigenvalue weighted by Crippen LogP contribution is -2.44. The minimum atomic E-state index is -0.730. The predicted molar refractivity (Wildman–Crippen MR) is 135 cm³/mol. The highest BCUT2D eigenvalue weighted by atomic mass is 35.5. The number of aromatic amines is 1. The standard InChI is InChI=1S/C27H26ClFN4O4/c1-16-13-21(19(28)14-20(16)29)33-12-11-27(26(33)36)9-7-17(8-10-27)32-24(34)22-23(31-15-30-22)25(35)37-18-5-3-2-4-6-18/h2-6,13-15,17H,7-12H2,1H3,(H,30,31)(H,32,34). The molecule has 1 spiro atoms. The maximum atomic E-state index is 13.9. The second-order valence-electron chi connectivity index (χ2n) is 9.62. The number of ether oxygens (including phenoxy) is 1. The SMILES string of the molecule is Cc1cc(N2CCC3(CCC(NC(=O)c4[nH]cnc4C(=O)Oc4ccccc4)CC3)C2=O)c(Cl)cc1F. The van der Waals surface area contributed by atoms with Gasteiger partial charge in [-0.05, 0) is 68.9 Å². The molecule has 0 radical (unpaired) electrons. The van der Waals surface area contributed by atoms with Crippen molar-refractivity contribution in [1.29, 1.82) is 0 Å². The quantitative estimate of drug-likeness (QED) is 0.367. The number of nitrogens with one attached hydrogen (secondary N) is 2. The van der Waals surface area contributed by atoms with Gasteiger partial charge in [0.2, 0.25) is 5.91 Å². The van der Waals surface area contributed by atoms with E-state index in [0.717, 1.165) is 0 Å². The number of amides is 2. The Kier molecular flexibility index (Phi) is 6.72. The highest BCUT2D eigenvalue weighted by Crippen LogP contribution is 2.47. The molecule has 192 valence electrons. The van der Waals surface area contributed by atoms with Gasteiger partial charge in [0, 0.05) is 12.6 Å². The number of halogens is 2. The van der Waals surface area contributed by atoms with Gasteiger partial charge in [0.15, 0.2) is 5.69 Å². The Morgan fingerprint density at radius 3 is 2.65 bits per heavy atom. The van der Waals surface area contributed by atoms with Crippen molar-refractivity contribution in [2.24, 2.45) is 5.41 Å². The van der Waals surface area contributed by atoms with Gasteiger partial charge in [-0.25, -0.2) is 14.2 Å². The second kappa shape index (κ2) is 9.97. The lowest BCUT2D eigenvalue weighted by atomic mass is 9.71. The normalized spacial score (nSPS) is 21.3. The molecule has 2 amide bonds. The van der Waals surface area contributed by atoms with Gasteiger partial charge in [-0.3, -0.25) is 9.59 Å². The van der Waals surface area contributed by atoms with Crippen molar-refractivity contribution in [3.63, 3.8) is 0 Å². The number of anilines is 1. The summed E-state index contributed by atoms with van der Waals surface area (Å²) in [5.41, 5.74) is 0.385. The van der Waals surface area contributed by atoms with Gasteiger partial charge in [-0.15, -0.1) is 0 Å². The number of imidazole rings is 1. The topological polar surface area (TPSA) is 104 Å². The number of carbonyl (C=O) groups is 3. The first-order chi connectivity index (χ1) is 17.8. The fraction of sp³-hybridized carbons (Fsp3) is 0.333. The van der Waals surface area contributed by atoms with Crippen molar-refractivity contribution in [3.05, 3.63) is 76.6 Å². The van der Waals surface area contributed by atoms with Crippen molar-refractivity contribution in [1.82, 2.24) is 15.3 Å². The monoisotopic (exact) mass is 524 g/mol. The van der Waals surface area contributed by atoms with Crippen LogP contribution in [0.3, 0.4) is 0 Å². The van der Waals surface area contributed by atoms with Crippen molar-refractivity contribution >= 4 is 35.1 Å². The Hall–Kier alpha value is -3.72. The minimum absolute atomic E-state index is 0.00954. The maximum Gasteiger partial charge on any atom is 0.364 e. The van der Waals surface area contributed by atoms with E-state index in [2.05, 4.69) is 15.3 Å². The molecule has 1 aromatic heterocycles. The summed E-state index contributed by atoms with van der Waals surface area (Å²) in [7, 11) is 0. The van der Waals surface area contributed by atoms with Crippen LogP contribution in [0.2, 0.25) is 5.02 Å². The lowest BCUT2D eigenvalue weighted by Gasteiger charge is -2.36. The Morgan fingerprint density at radius 1 is 1.19 bits per heavy atom. The lowest BCUT2D eigenvalue weighted by molar-refractivity contribution is -0.127. The van der Waals surface area contributed by atoms with Gasteiger partial charge in [0.1, 0.15) is 17.3 Å². The molecule has 1 saturated heterocycles. The van der Waals surface area contributed by atoms with E-state index in [-0.39, 0.29) is 28.4 Å². The van der Waals surface area contributed by atoms with E-state index >= 15 is 0 Å². The summed E-state index contributed by atoms with van der Waals surface area (Å²) in [6, 6.07) is 11.3. The number of benzene rings is 2. The van der Waals surface area contributed by atoms with Crippen LogP contribution in [0.15, 0.2) is 48.8 Å². The summed E-state index contributed by atoms with van der Waals surface area (Å²) in [5, 5.41) is 3.18. The van der Waals surface area contributed by atoms with Gasteiger partial charge >= 0.3 is 5.97 Å². The van der Waals surface area contributed by atoms with Gasteiger partial charge in [0.25, 0.3) is 5.91 Å². The molecule has 1 aliphatic carbocycles. The van der Waals surface area contributed by atoms with Crippen LogP contribution >= 0.6 is 11.6 Å². The minimum Gasteiger partial charge on any atom is -0.422 e. The van der Waals surface area contributed by atoms with E-state index in [9.17, 15) is 18.8 Å². The molecule has 1 saturated carbocycles. The summed E-state index contributed by atoms with van der Waals surface area (Å²) >= 11 is 6.26. The fourth-order valence-electron chi connectivity index (χ4n) is 5.20. The van der Waals surface area contributed by atoms with Crippen LogP contribution in [-0.4, -0.2) is 40.3 Å². The summed E-state index contributed by atoms with van der Waals surface area (Å²) in [5.74, 6) is -1.24. The number of hydrogen-bond donors (Lipinski definition) is 2. The van der Waals surface area contributed by atoms with Crippen molar-refractivity contribution in [2.75, 3.05) is 11.4 Å². The highest BCUT2D eigenvalue weighted by Gasteiger charge is 2.49. The molecule has 0 bridgehead atoms. The average molecular weight is 525 g/mol. The molecule has 2 aromatic carbocycles. The molecular formula is C27H26ClFN4O4. The van der Waals surface area contributed by atoms with Crippen LogP contribution in [0.4, 0.5) is 10.1 Å². The third kappa shape index (κ3) is 4.83. The van der Waals surface area contributed by atoms with Crippen LogP contribution < -0.4 is 15.0 Å². The van der Waals surface area contributed by atoms with Crippen LogP contribution in [0.1, 0.15) is 58.6 Å². The number of rotatable bonds is 5. The second-order valence-corrected chi connectivity index (χ2v) is 10.0. The molecule has 2 fully saturated rings. The number of nitrogens with zero attached hydrogens (tertiary/aromatic N) is 2. The van der Waals surface area contributed by atoms with E-state index in [4.69, 9.17) is 16.3 Å². The molecule has 1 aliphatic heterocycles. The number of para-hydroxylation sites is 1. The number of H-pyrrole nitrogens is 1. The molecule has 5 rings (SSSR count). The zero-order chi connectivity index (χ0) is 26.2. The third-order valence-corrected chi connectivity index (χ3v) is 7.63. The molecule has 0 unspecified atom stereocenters. The number of aromatic nitrogens is 2. The summed E-state index contributed by atoms with van der Waals surface area (Å²) in [4.78, 5) is 47.3. The maximum absolute atomic E-state index is 13.9. The molecular weight excluding hydrogens is 499 g/mol. The van der Waals surface area contributed by atoms with E-state index < -0.39 is 23.1 Å². The Labute approximate surface area is 218 Å². The predicted octanol–water partition coefficient (Wildman–Crippen LogP) is 4.83.